The molecule has 1 heterocycles. The van der Waals surface area contributed by atoms with Crippen LogP contribution in [0, 0.1) is 0 Å². The zero-order valence-electron chi connectivity index (χ0n) is 10.9. The molecule has 5 nitrogen and oxygen atoms in total. The molecule has 0 amide bonds. The Bertz CT molecular complexity index is 376. The van der Waals surface area contributed by atoms with E-state index >= 15 is 0 Å². The summed E-state index contributed by atoms with van der Waals surface area (Å²) in [5.41, 5.74) is -0.536. The summed E-state index contributed by atoms with van der Waals surface area (Å²) in [4.78, 5) is 15.5. The van der Waals surface area contributed by atoms with Gasteiger partial charge >= 0.3 is 0 Å². The number of carbonyl (C=O) groups excluding carboxylic acids is 1. The first-order chi connectivity index (χ1) is 8.05. The molecule has 17 heavy (non-hydrogen) atoms. The maximum absolute atomic E-state index is 11.3. The Balaban J connectivity index is 2.82. The third-order valence-corrected chi connectivity index (χ3v) is 2.82. The highest BCUT2D eigenvalue weighted by Gasteiger charge is 2.30. The van der Waals surface area contributed by atoms with Crippen LogP contribution < -0.4 is 0 Å². The second-order valence-electron chi connectivity index (χ2n) is 4.10. The lowest BCUT2D eigenvalue weighted by Gasteiger charge is -2.23. The molecule has 1 aromatic heterocycles. The van der Waals surface area contributed by atoms with Crippen LogP contribution in [0.5, 0.6) is 0 Å². The molecule has 0 bridgehead atoms. The fourth-order valence-corrected chi connectivity index (χ4v) is 1.48. The molecule has 1 atom stereocenters. The van der Waals surface area contributed by atoms with Gasteiger partial charge in [-0.1, -0.05) is 19.0 Å². The highest BCUT2D eigenvalue weighted by atomic mass is 16.5. The smallest absolute Gasteiger partial charge is 0.234 e. The van der Waals surface area contributed by atoms with E-state index in [0.29, 0.717) is 24.7 Å². The van der Waals surface area contributed by atoms with E-state index < -0.39 is 5.60 Å². The molecule has 0 aromatic carbocycles. The van der Waals surface area contributed by atoms with Crippen molar-refractivity contribution in [2.45, 2.75) is 52.6 Å². The monoisotopic (exact) mass is 240 g/mol. The van der Waals surface area contributed by atoms with E-state index in [0.717, 1.165) is 6.42 Å². The number of aromatic nitrogens is 2. The van der Waals surface area contributed by atoms with Crippen LogP contribution >= 0.6 is 0 Å². The van der Waals surface area contributed by atoms with E-state index in [4.69, 9.17) is 9.26 Å². The predicted molar refractivity (Wildman–Crippen MR) is 62.6 cm³/mol. The van der Waals surface area contributed by atoms with Crippen LogP contribution in [-0.4, -0.2) is 22.5 Å². The average molecular weight is 240 g/mol. The lowest BCUT2D eigenvalue weighted by molar-refractivity contribution is -0.118. The third-order valence-electron chi connectivity index (χ3n) is 2.82. The van der Waals surface area contributed by atoms with Crippen LogP contribution in [0.2, 0.25) is 0 Å². The highest BCUT2D eigenvalue weighted by molar-refractivity contribution is 5.79. The molecule has 0 saturated carbocycles. The van der Waals surface area contributed by atoms with Crippen molar-refractivity contribution < 1.29 is 14.1 Å². The first-order valence-electron chi connectivity index (χ1n) is 6.04. The average Bonchev–Trinajstić information content (AvgIpc) is 2.78. The van der Waals surface area contributed by atoms with Gasteiger partial charge in [-0.15, -0.1) is 0 Å². The van der Waals surface area contributed by atoms with Gasteiger partial charge in [0, 0.05) is 13.0 Å². The van der Waals surface area contributed by atoms with E-state index in [9.17, 15) is 4.79 Å². The maximum Gasteiger partial charge on any atom is 0.234 e. The van der Waals surface area contributed by atoms with Crippen LogP contribution in [-0.2, 0) is 21.6 Å². The normalized spacial score (nSPS) is 14.6. The summed E-state index contributed by atoms with van der Waals surface area (Å²) in [6.45, 7) is 8.25. The summed E-state index contributed by atoms with van der Waals surface area (Å²) in [5.74, 6) is 0.974. The van der Waals surface area contributed by atoms with Gasteiger partial charge in [-0.05, 0) is 20.3 Å². The molecular formula is C12H20N2O3. The van der Waals surface area contributed by atoms with Crippen molar-refractivity contribution >= 4 is 5.78 Å². The summed E-state index contributed by atoms with van der Waals surface area (Å²) < 4.78 is 10.7. The Morgan fingerprint density at radius 3 is 2.65 bits per heavy atom. The van der Waals surface area contributed by atoms with Crippen molar-refractivity contribution in [2.24, 2.45) is 0 Å². The van der Waals surface area contributed by atoms with Gasteiger partial charge in [-0.2, -0.15) is 4.98 Å². The largest absolute Gasteiger partial charge is 0.367 e. The van der Waals surface area contributed by atoms with Crippen LogP contribution in [0.1, 0.15) is 52.3 Å². The Labute approximate surface area is 102 Å². The number of hydrogen-bond acceptors (Lipinski definition) is 5. The second kappa shape index (κ2) is 5.91. The maximum atomic E-state index is 11.3. The molecule has 0 aliphatic carbocycles. The minimum atomic E-state index is -0.536. The summed E-state index contributed by atoms with van der Waals surface area (Å²) in [7, 11) is 0. The number of carbonyl (C=O) groups is 1. The van der Waals surface area contributed by atoms with Crippen molar-refractivity contribution in [1.29, 1.82) is 0 Å². The zero-order valence-corrected chi connectivity index (χ0v) is 10.9. The topological polar surface area (TPSA) is 65.2 Å². The van der Waals surface area contributed by atoms with Crippen molar-refractivity contribution in [3.05, 3.63) is 11.7 Å². The minimum absolute atomic E-state index is 0.0924. The minimum Gasteiger partial charge on any atom is -0.367 e. The fraction of sp³-hybridized carbons (Fsp3) is 0.750. The lowest BCUT2D eigenvalue weighted by Crippen LogP contribution is -2.26. The van der Waals surface area contributed by atoms with Crippen LogP contribution in [0.3, 0.4) is 0 Å². The molecule has 1 aromatic rings. The standard InChI is InChI=1S/C12H20N2O3/c1-5-9(15)8-10-13-11(14-17-10)12(4,6-2)16-7-3/h5-8H2,1-4H3. The van der Waals surface area contributed by atoms with Crippen molar-refractivity contribution in [2.75, 3.05) is 6.61 Å². The van der Waals surface area contributed by atoms with E-state index in [1.807, 2.05) is 27.7 Å². The van der Waals surface area contributed by atoms with Crippen molar-refractivity contribution in [3.8, 4) is 0 Å². The summed E-state index contributed by atoms with van der Waals surface area (Å²) >= 11 is 0. The van der Waals surface area contributed by atoms with Gasteiger partial charge in [0.2, 0.25) is 11.7 Å². The molecule has 1 rings (SSSR count). The third kappa shape index (κ3) is 3.36. The van der Waals surface area contributed by atoms with Crippen LogP contribution in [0.15, 0.2) is 4.52 Å². The molecule has 0 radical (unpaired) electrons. The number of ketones is 1. The van der Waals surface area contributed by atoms with Gasteiger partial charge in [-0.25, -0.2) is 0 Å². The van der Waals surface area contributed by atoms with E-state index in [1.54, 1.807) is 0 Å². The molecule has 96 valence electrons. The lowest BCUT2D eigenvalue weighted by atomic mass is 10.0. The Morgan fingerprint density at radius 2 is 2.12 bits per heavy atom. The van der Waals surface area contributed by atoms with Gasteiger partial charge < -0.3 is 9.26 Å². The molecule has 0 saturated heterocycles. The molecule has 0 aliphatic heterocycles. The van der Waals surface area contributed by atoms with Crippen LogP contribution in [0.4, 0.5) is 0 Å². The molecule has 0 fully saturated rings. The molecular weight excluding hydrogens is 220 g/mol. The van der Waals surface area contributed by atoms with Gasteiger partial charge in [0.1, 0.15) is 11.4 Å². The molecule has 0 aliphatic rings. The van der Waals surface area contributed by atoms with Crippen molar-refractivity contribution in [1.82, 2.24) is 10.1 Å². The van der Waals surface area contributed by atoms with E-state index in [-0.39, 0.29) is 12.2 Å². The molecule has 0 N–H and O–H groups in total. The highest BCUT2D eigenvalue weighted by Crippen LogP contribution is 2.26. The van der Waals surface area contributed by atoms with Crippen molar-refractivity contribution in [3.63, 3.8) is 0 Å². The number of nitrogens with zero attached hydrogens (tertiary/aromatic N) is 2. The molecule has 0 spiro atoms. The van der Waals surface area contributed by atoms with Gasteiger partial charge in [0.25, 0.3) is 0 Å². The number of ether oxygens (including phenoxy) is 1. The van der Waals surface area contributed by atoms with Gasteiger partial charge in [0.15, 0.2) is 0 Å². The SMILES string of the molecule is CCOC(C)(CC)c1noc(CC(=O)CC)n1. The zero-order chi connectivity index (χ0) is 12.9. The second-order valence-corrected chi connectivity index (χ2v) is 4.10. The number of hydrogen-bond donors (Lipinski definition) is 0. The van der Waals surface area contributed by atoms with Gasteiger partial charge in [-0.3, -0.25) is 4.79 Å². The first-order valence-corrected chi connectivity index (χ1v) is 6.04. The van der Waals surface area contributed by atoms with Gasteiger partial charge in [0.05, 0.1) is 6.42 Å². The Kier molecular flexibility index (Phi) is 4.81. The first kappa shape index (κ1) is 13.8. The Hall–Kier alpha value is -1.23. The number of Topliss-reactive ketones (excluding diaryl/α,β-unsaturated/α-hetero) is 1. The summed E-state index contributed by atoms with van der Waals surface area (Å²) in [6.07, 6.45) is 1.44. The van der Waals surface area contributed by atoms with Crippen LogP contribution in [0.25, 0.3) is 0 Å². The quantitative estimate of drug-likeness (QED) is 0.731. The van der Waals surface area contributed by atoms with E-state index in [2.05, 4.69) is 10.1 Å². The fourth-order valence-electron chi connectivity index (χ4n) is 1.48. The summed E-state index contributed by atoms with van der Waals surface area (Å²) in [5, 5.41) is 3.90. The number of rotatable bonds is 7. The summed E-state index contributed by atoms with van der Waals surface area (Å²) in [6, 6.07) is 0. The Morgan fingerprint density at radius 1 is 1.41 bits per heavy atom. The molecule has 5 heteroatoms. The van der Waals surface area contributed by atoms with E-state index in [1.165, 1.54) is 0 Å². The molecule has 1 unspecified atom stereocenters. The predicted octanol–water partition coefficient (Wildman–Crippen LogP) is 2.25.